The summed E-state index contributed by atoms with van der Waals surface area (Å²) in [5.74, 6) is 1.63. The lowest BCUT2D eigenvalue weighted by atomic mass is 10.0. The molecule has 0 radical (unpaired) electrons. The van der Waals surface area contributed by atoms with Crippen molar-refractivity contribution in [3.8, 4) is 11.5 Å². The molecule has 2 N–H and O–H groups in total. The number of hydrogen-bond acceptors (Lipinski definition) is 3. The van der Waals surface area contributed by atoms with Gasteiger partial charge in [-0.3, -0.25) is 0 Å². The fourth-order valence-corrected chi connectivity index (χ4v) is 1.62. The quantitative estimate of drug-likeness (QED) is 0.800. The van der Waals surface area contributed by atoms with Crippen molar-refractivity contribution in [2.45, 2.75) is 25.8 Å². The summed E-state index contributed by atoms with van der Waals surface area (Å²) in [5, 5.41) is 0. The first-order valence-electron chi connectivity index (χ1n) is 4.96. The van der Waals surface area contributed by atoms with Crippen LogP contribution >= 0.6 is 0 Å². The number of hydrogen-bond donors (Lipinski definition) is 1. The zero-order valence-corrected chi connectivity index (χ0v) is 8.32. The molecule has 14 heavy (non-hydrogen) atoms. The Morgan fingerprint density at radius 1 is 1.36 bits per heavy atom. The highest BCUT2D eigenvalue weighted by Gasteiger charge is 2.15. The van der Waals surface area contributed by atoms with E-state index in [0.29, 0.717) is 6.79 Å². The zero-order valence-electron chi connectivity index (χ0n) is 8.32. The molecule has 0 bridgehead atoms. The fourth-order valence-electron chi connectivity index (χ4n) is 1.62. The van der Waals surface area contributed by atoms with Gasteiger partial charge < -0.3 is 15.2 Å². The third-order valence-electron chi connectivity index (χ3n) is 2.42. The molecule has 1 aromatic rings. The van der Waals surface area contributed by atoms with Crippen molar-refractivity contribution in [1.29, 1.82) is 0 Å². The van der Waals surface area contributed by atoms with Gasteiger partial charge in [0, 0.05) is 6.04 Å². The van der Waals surface area contributed by atoms with Gasteiger partial charge in [-0.05, 0) is 24.1 Å². The molecule has 0 saturated carbocycles. The van der Waals surface area contributed by atoms with Gasteiger partial charge in [-0.15, -0.1) is 0 Å². The zero-order chi connectivity index (χ0) is 9.97. The van der Waals surface area contributed by atoms with Crippen LogP contribution in [0.4, 0.5) is 0 Å². The molecule has 3 heteroatoms. The lowest BCUT2D eigenvalue weighted by molar-refractivity contribution is 0.174. The Morgan fingerprint density at radius 2 is 2.14 bits per heavy atom. The van der Waals surface area contributed by atoms with Gasteiger partial charge in [-0.2, -0.15) is 0 Å². The van der Waals surface area contributed by atoms with Crippen LogP contribution in [0.3, 0.4) is 0 Å². The molecule has 0 aromatic heterocycles. The van der Waals surface area contributed by atoms with Crippen molar-refractivity contribution in [2.75, 3.05) is 6.79 Å². The average molecular weight is 193 g/mol. The molecular weight excluding hydrogens is 178 g/mol. The number of ether oxygens (including phenoxy) is 2. The molecule has 1 aliphatic rings. The smallest absolute Gasteiger partial charge is 0.231 e. The van der Waals surface area contributed by atoms with Gasteiger partial charge in [0.15, 0.2) is 11.5 Å². The minimum absolute atomic E-state index is 0.106. The predicted octanol–water partition coefficient (Wildman–Crippen LogP) is 2.22. The van der Waals surface area contributed by atoms with Crippen LogP contribution in [0.15, 0.2) is 18.2 Å². The second kappa shape index (κ2) is 3.88. The van der Waals surface area contributed by atoms with Crippen molar-refractivity contribution < 1.29 is 9.47 Å². The highest BCUT2D eigenvalue weighted by atomic mass is 16.7. The molecule has 0 amide bonds. The van der Waals surface area contributed by atoms with Gasteiger partial charge in [0.25, 0.3) is 0 Å². The standard InChI is InChI=1S/C11H15NO2/c1-2-3-9(12)8-4-5-10-11(6-8)14-7-13-10/h4-6,9H,2-3,7,12H2,1H3/t9-/m0/s1. The maximum absolute atomic E-state index is 6.00. The van der Waals surface area contributed by atoms with Crippen LogP contribution in [-0.2, 0) is 0 Å². The summed E-state index contributed by atoms with van der Waals surface area (Å²) in [7, 11) is 0. The minimum Gasteiger partial charge on any atom is -0.454 e. The second-order valence-corrected chi connectivity index (χ2v) is 3.51. The summed E-state index contributed by atoms with van der Waals surface area (Å²) in [4.78, 5) is 0. The molecule has 1 aliphatic heterocycles. The van der Waals surface area contributed by atoms with E-state index in [2.05, 4.69) is 6.92 Å². The molecule has 1 atom stereocenters. The van der Waals surface area contributed by atoms with E-state index >= 15 is 0 Å². The molecule has 0 fully saturated rings. The first-order chi connectivity index (χ1) is 6.81. The first-order valence-corrected chi connectivity index (χ1v) is 4.96. The topological polar surface area (TPSA) is 44.5 Å². The van der Waals surface area contributed by atoms with Crippen LogP contribution in [0.25, 0.3) is 0 Å². The van der Waals surface area contributed by atoms with Crippen LogP contribution in [0.5, 0.6) is 11.5 Å². The van der Waals surface area contributed by atoms with Crippen LogP contribution in [-0.4, -0.2) is 6.79 Å². The normalized spacial score (nSPS) is 15.6. The number of nitrogens with two attached hydrogens (primary N) is 1. The number of fused-ring (bicyclic) bond motifs is 1. The van der Waals surface area contributed by atoms with E-state index in [0.717, 1.165) is 29.9 Å². The largest absolute Gasteiger partial charge is 0.454 e. The Morgan fingerprint density at radius 3 is 2.93 bits per heavy atom. The van der Waals surface area contributed by atoms with E-state index in [1.807, 2.05) is 18.2 Å². The Hall–Kier alpha value is -1.22. The Kier molecular flexibility index (Phi) is 2.59. The van der Waals surface area contributed by atoms with Gasteiger partial charge in [0.05, 0.1) is 0 Å². The van der Waals surface area contributed by atoms with Crippen molar-refractivity contribution >= 4 is 0 Å². The molecule has 1 aromatic carbocycles. The average Bonchev–Trinajstić information content (AvgIpc) is 2.64. The summed E-state index contributed by atoms with van der Waals surface area (Å²) in [6.45, 7) is 2.45. The van der Waals surface area contributed by atoms with Gasteiger partial charge in [-0.1, -0.05) is 19.4 Å². The predicted molar refractivity (Wildman–Crippen MR) is 54.4 cm³/mol. The maximum atomic E-state index is 6.00. The maximum Gasteiger partial charge on any atom is 0.231 e. The van der Waals surface area contributed by atoms with E-state index < -0.39 is 0 Å². The Bertz CT molecular complexity index is 325. The van der Waals surface area contributed by atoms with E-state index in [4.69, 9.17) is 15.2 Å². The van der Waals surface area contributed by atoms with Crippen molar-refractivity contribution in [3.05, 3.63) is 23.8 Å². The lowest BCUT2D eigenvalue weighted by Crippen LogP contribution is -2.09. The van der Waals surface area contributed by atoms with E-state index in [1.165, 1.54) is 0 Å². The van der Waals surface area contributed by atoms with Crippen LogP contribution in [0, 0.1) is 0 Å². The highest BCUT2D eigenvalue weighted by molar-refractivity contribution is 5.45. The third kappa shape index (κ3) is 1.68. The number of rotatable bonds is 3. The van der Waals surface area contributed by atoms with Gasteiger partial charge in [0.2, 0.25) is 6.79 Å². The summed E-state index contributed by atoms with van der Waals surface area (Å²) in [6, 6.07) is 6.01. The summed E-state index contributed by atoms with van der Waals surface area (Å²) < 4.78 is 10.5. The van der Waals surface area contributed by atoms with Gasteiger partial charge in [0.1, 0.15) is 0 Å². The monoisotopic (exact) mass is 193 g/mol. The molecule has 76 valence electrons. The van der Waals surface area contributed by atoms with Crippen LogP contribution in [0.1, 0.15) is 31.4 Å². The first kappa shape index (κ1) is 9.34. The van der Waals surface area contributed by atoms with E-state index in [9.17, 15) is 0 Å². The van der Waals surface area contributed by atoms with Crippen molar-refractivity contribution in [1.82, 2.24) is 0 Å². The second-order valence-electron chi connectivity index (χ2n) is 3.51. The highest BCUT2D eigenvalue weighted by Crippen LogP contribution is 2.34. The molecular formula is C11H15NO2. The van der Waals surface area contributed by atoms with Crippen molar-refractivity contribution in [3.63, 3.8) is 0 Å². The number of benzene rings is 1. The molecule has 3 nitrogen and oxygen atoms in total. The molecule has 0 spiro atoms. The summed E-state index contributed by atoms with van der Waals surface area (Å²) in [6.07, 6.45) is 2.09. The van der Waals surface area contributed by atoms with Gasteiger partial charge in [-0.25, -0.2) is 0 Å². The summed E-state index contributed by atoms with van der Waals surface area (Å²) in [5.41, 5.74) is 7.12. The van der Waals surface area contributed by atoms with Crippen LogP contribution in [0.2, 0.25) is 0 Å². The molecule has 0 unspecified atom stereocenters. The fraction of sp³-hybridized carbons (Fsp3) is 0.455. The minimum atomic E-state index is 0.106. The van der Waals surface area contributed by atoms with Crippen molar-refractivity contribution in [2.24, 2.45) is 5.73 Å². The molecule has 0 aliphatic carbocycles. The Balaban J connectivity index is 2.19. The SMILES string of the molecule is CCC[C@H](N)c1ccc2c(c1)OCO2. The summed E-state index contributed by atoms with van der Waals surface area (Å²) >= 11 is 0. The van der Waals surface area contributed by atoms with Crippen LogP contribution < -0.4 is 15.2 Å². The third-order valence-corrected chi connectivity index (χ3v) is 2.42. The van der Waals surface area contributed by atoms with E-state index in [-0.39, 0.29) is 6.04 Å². The molecule has 1 heterocycles. The lowest BCUT2D eigenvalue weighted by Gasteiger charge is -2.10. The molecule has 2 rings (SSSR count). The molecule has 0 saturated heterocycles. The Labute approximate surface area is 83.8 Å². The van der Waals surface area contributed by atoms with E-state index in [1.54, 1.807) is 0 Å². The van der Waals surface area contributed by atoms with Gasteiger partial charge >= 0.3 is 0 Å².